The summed E-state index contributed by atoms with van der Waals surface area (Å²) in [5.41, 5.74) is -3.07. The second kappa shape index (κ2) is 8.25. The Morgan fingerprint density at radius 3 is 2.07 bits per heavy atom. The van der Waals surface area contributed by atoms with Crippen molar-refractivity contribution in [3.05, 3.63) is 70.5 Å². The average molecular weight is 434 g/mol. The summed E-state index contributed by atoms with van der Waals surface area (Å²) in [6, 6.07) is 5.85. The van der Waals surface area contributed by atoms with E-state index in [1.807, 2.05) is 0 Å². The Balaban J connectivity index is 1.93. The Morgan fingerprint density at radius 1 is 0.967 bits per heavy atom. The molecule has 1 heterocycles. The minimum Gasteiger partial charge on any atom is -0.333 e. The summed E-state index contributed by atoms with van der Waals surface area (Å²) in [6.45, 7) is 0.757. The standard InChI is InChI=1S/C20H17F7N2O/c21-16-3-1-12(2-4-16)7-17-11-28-5-6-29(17)18(30)13-8-14(19(22,23)24)10-15(9-13)20(25,26)27/h1-4,8-10,17,28H,5-7,11H2. The highest BCUT2D eigenvalue weighted by molar-refractivity contribution is 5.95. The number of amides is 1. The molecule has 2 aromatic rings. The van der Waals surface area contributed by atoms with Crippen LogP contribution in [-0.4, -0.2) is 36.5 Å². The van der Waals surface area contributed by atoms with Gasteiger partial charge >= 0.3 is 12.4 Å². The molecule has 1 unspecified atom stereocenters. The fraction of sp³-hybridized carbons (Fsp3) is 0.350. The van der Waals surface area contributed by atoms with Crippen molar-refractivity contribution in [1.82, 2.24) is 10.2 Å². The van der Waals surface area contributed by atoms with Gasteiger partial charge in [0.25, 0.3) is 5.91 Å². The molecule has 0 radical (unpaired) electrons. The van der Waals surface area contributed by atoms with Gasteiger partial charge in [0.1, 0.15) is 5.82 Å². The molecule has 1 fully saturated rings. The second-order valence-electron chi connectivity index (χ2n) is 6.98. The maximum atomic E-state index is 13.1. The first kappa shape index (κ1) is 22.1. The molecule has 0 aliphatic carbocycles. The van der Waals surface area contributed by atoms with Gasteiger partial charge < -0.3 is 10.2 Å². The number of piperazine rings is 1. The molecule has 1 N–H and O–H groups in total. The zero-order valence-electron chi connectivity index (χ0n) is 15.4. The van der Waals surface area contributed by atoms with Crippen molar-refractivity contribution in [2.45, 2.75) is 24.8 Å². The predicted molar refractivity (Wildman–Crippen MR) is 94.2 cm³/mol. The maximum Gasteiger partial charge on any atom is 0.416 e. The number of carbonyl (C=O) groups is 1. The van der Waals surface area contributed by atoms with Crippen molar-refractivity contribution >= 4 is 5.91 Å². The summed E-state index contributed by atoms with van der Waals surface area (Å²) < 4.78 is 91.7. The van der Waals surface area contributed by atoms with Crippen LogP contribution in [0.1, 0.15) is 27.0 Å². The summed E-state index contributed by atoms with van der Waals surface area (Å²) in [7, 11) is 0. The second-order valence-corrected chi connectivity index (χ2v) is 6.98. The van der Waals surface area contributed by atoms with Gasteiger partial charge in [0.05, 0.1) is 11.1 Å². The van der Waals surface area contributed by atoms with Crippen molar-refractivity contribution < 1.29 is 35.5 Å². The Kier molecular flexibility index (Phi) is 6.07. The van der Waals surface area contributed by atoms with E-state index in [9.17, 15) is 35.5 Å². The molecule has 2 aromatic carbocycles. The molecule has 10 heteroatoms. The lowest BCUT2D eigenvalue weighted by atomic mass is 9.99. The number of rotatable bonds is 3. The molecule has 3 nitrogen and oxygen atoms in total. The van der Waals surface area contributed by atoms with Gasteiger partial charge in [0.15, 0.2) is 0 Å². The number of hydrogen-bond donors (Lipinski definition) is 1. The zero-order valence-corrected chi connectivity index (χ0v) is 15.4. The van der Waals surface area contributed by atoms with Crippen molar-refractivity contribution in [2.75, 3.05) is 19.6 Å². The van der Waals surface area contributed by atoms with Crippen molar-refractivity contribution in [3.8, 4) is 0 Å². The molecule has 1 aliphatic rings. The normalized spacial score (nSPS) is 17.8. The SMILES string of the molecule is O=C(c1cc(C(F)(F)F)cc(C(F)(F)F)c1)N1CCNCC1Cc1ccc(F)cc1. The summed E-state index contributed by atoms with van der Waals surface area (Å²) in [5.74, 6) is -1.36. The minimum absolute atomic E-state index is 0.00939. The smallest absolute Gasteiger partial charge is 0.333 e. The summed E-state index contributed by atoms with van der Waals surface area (Å²) in [4.78, 5) is 14.2. The minimum atomic E-state index is -5.03. The average Bonchev–Trinajstić information content (AvgIpc) is 2.68. The number of carbonyl (C=O) groups excluding carboxylic acids is 1. The zero-order chi connectivity index (χ0) is 22.1. The molecule has 1 aliphatic heterocycles. The molecule has 0 aromatic heterocycles. The van der Waals surface area contributed by atoms with Crippen molar-refractivity contribution in [3.63, 3.8) is 0 Å². The number of hydrogen-bond acceptors (Lipinski definition) is 2. The van der Waals surface area contributed by atoms with Gasteiger partial charge in [-0.1, -0.05) is 12.1 Å². The van der Waals surface area contributed by atoms with E-state index in [1.54, 1.807) is 0 Å². The van der Waals surface area contributed by atoms with Crippen LogP contribution in [0.25, 0.3) is 0 Å². The van der Waals surface area contributed by atoms with E-state index >= 15 is 0 Å². The highest BCUT2D eigenvalue weighted by Crippen LogP contribution is 2.36. The lowest BCUT2D eigenvalue weighted by molar-refractivity contribution is -0.143. The van der Waals surface area contributed by atoms with Crippen LogP contribution in [0, 0.1) is 5.82 Å². The van der Waals surface area contributed by atoms with Gasteiger partial charge in [-0.05, 0) is 42.3 Å². The monoisotopic (exact) mass is 434 g/mol. The molecule has 1 atom stereocenters. The van der Waals surface area contributed by atoms with Gasteiger partial charge in [-0.25, -0.2) is 4.39 Å². The van der Waals surface area contributed by atoms with Crippen LogP contribution in [0.3, 0.4) is 0 Å². The molecule has 0 spiro atoms. The Labute approximate surface area is 167 Å². The maximum absolute atomic E-state index is 13.1. The lowest BCUT2D eigenvalue weighted by Gasteiger charge is -2.36. The van der Waals surface area contributed by atoms with Crippen molar-refractivity contribution in [2.24, 2.45) is 0 Å². The third-order valence-corrected chi connectivity index (χ3v) is 4.83. The third-order valence-electron chi connectivity index (χ3n) is 4.83. The van der Waals surface area contributed by atoms with Gasteiger partial charge in [-0.3, -0.25) is 4.79 Å². The van der Waals surface area contributed by atoms with Gasteiger partial charge in [0.2, 0.25) is 0 Å². The molecule has 0 saturated carbocycles. The van der Waals surface area contributed by atoms with E-state index in [-0.39, 0.29) is 19.0 Å². The Bertz CT molecular complexity index is 875. The van der Waals surface area contributed by atoms with Gasteiger partial charge in [-0.2, -0.15) is 26.3 Å². The van der Waals surface area contributed by atoms with Crippen LogP contribution < -0.4 is 5.32 Å². The van der Waals surface area contributed by atoms with Crippen LogP contribution in [0.2, 0.25) is 0 Å². The summed E-state index contributed by atoms with van der Waals surface area (Å²) in [6.07, 6.45) is -9.80. The summed E-state index contributed by atoms with van der Waals surface area (Å²) >= 11 is 0. The molecule has 1 saturated heterocycles. The van der Waals surface area contributed by atoms with Crippen molar-refractivity contribution in [1.29, 1.82) is 0 Å². The fourth-order valence-electron chi connectivity index (χ4n) is 3.35. The lowest BCUT2D eigenvalue weighted by Crippen LogP contribution is -2.54. The number of nitrogens with one attached hydrogen (secondary N) is 1. The van der Waals surface area contributed by atoms with Crippen LogP contribution in [-0.2, 0) is 18.8 Å². The van der Waals surface area contributed by atoms with Crippen LogP contribution >= 0.6 is 0 Å². The predicted octanol–water partition coefficient (Wildman–Crippen LogP) is 4.52. The molecular formula is C20H17F7N2O. The van der Waals surface area contributed by atoms with Gasteiger partial charge in [-0.15, -0.1) is 0 Å². The van der Waals surface area contributed by atoms with Crippen LogP contribution in [0.5, 0.6) is 0 Å². The van der Waals surface area contributed by atoms with E-state index in [1.165, 1.54) is 29.2 Å². The number of halogens is 7. The fourth-order valence-corrected chi connectivity index (χ4v) is 3.35. The Hall–Kier alpha value is -2.62. The first-order valence-electron chi connectivity index (χ1n) is 9.01. The van der Waals surface area contributed by atoms with E-state index in [4.69, 9.17) is 0 Å². The summed E-state index contributed by atoms with van der Waals surface area (Å²) in [5, 5.41) is 3.05. The van der Waals surface area contributed by atoms with E-state index in [0.29, 0.717) is 30.8 Å². The van der Waals surface area contributed by atoms with E-state index < -0.39 is 46.8 Å². The van der Waals surface area contributed by atoms with Crippen LogP contribution in [0.15, 0.2) is 42.5 Å². The van der Waals surface area contributed by atoms with E-state index in [2.05, 4.69) is 5.32 Å². The highest BCUT2D eigenvalue weighted by Gasteiger charge is 2.38. The van der Waals surface area contributed by atoms with Gasteiger partial charge in [0, 0.05) is 31.2 Å². The first-order valence-corrected chi connectivity index (χ1v) is 9.01. The highest BCUT2D eigenvalue weighted by atomic mass is 19.4. The van der Waals surface area contributed by atoms with E-state index in [0.717, 1.165) is 0 Å². The first-order chi connectivity index (χ1) is 13.9. The molecule has 0 bridgehead atoms. The number of benzene rings is 2. The Morgan fingerprint density at radius 2 is 1.53 bits per heavy atom. The largest absolute Gasteiger partial charge is 0.416 e. The quantitative estimate of drug-likeness (QED) is 0.721. The molecule has 1 amide bonds. The molecule has 30 heavy (non-hydrogen) atoms. The third kappa shape index (κ3) is 5.10. The number of nitrogens with zero attached hydrogens (tertiary/aromatic N) is 1. The van der Waals surface area contributed by atoms with Crippen LogP contribution in [0.4, 0.5) is 30.7 Å². The molecule has 3 rings (SSSR count). The molecule has 162 valence electrons. The number of alkyl halides is 6. The topological polar surface area (TPSA) is 32.3 Å². The molecular weight excluding hydrogens is 417 g/mol.